The average Bonchev–Trinajstić information content (AvgIpc) is 3.64. The first-order valence-electron chi connectivity index (χ1n) is 11.6. The normalized spacial score (nSPS) is 13.6. The molecule has 0 aliphatic carbocycles. The predicted molar refractivity (Wildman–Crippen MR) is 134 cm³/mol. The van der Waals surface area contributed by atoms with Crippen molar-refractivity contribution in [2.75, 3.05) is 23.3 Å². The molecule has 0 unspecified atom stereocenters. The number of benzene rings is 1. The van der Waals surface area contributed by atoms with Crippen molar-refractivity contribution in [2.24, 2.45) is 7.05 Å². The highest BCUT2D eigenvalue weighted by molar-refractivity contribution is 5.66. The van der Waals surface area contributed by atoms with E-state index in [0.29, 0.717) is 6.54 Å². The Morgan fingerprint density at radius 3 is 2.56 bits per heavy atom. The molecule has 1 saturated heterocycles. The van der Waals surface area contributed by atoms with Crippen LogP contribution >= 0.6 is 0 Å². The zero-order valence-corrected chi connectivity index (χ0v) is 19.1. The fourth-order valence-corrected chi connectivity index (χ4v) is 4.50. The molecule has 5 heterocycles. The van der Waals surface area contributed by atoms with E-state index in [4.69, 9.17) is 0 Å². The van der Waals surface area contributed by atoms with Gasteiger partial charge in [-0.05, 0) is 30.0 Å². The van der Waals surface area contributed by atoms with Crippen molar-refractivity contribution < 1.29 is 0 Å². The van der Waals surface area contributed by atoms with Gasteiger partial charge in [-0.15, -0.1) is 0 Å². The molecule has 0 saturated carbocycles. The van der Waals surface area contributed by atoms with Gasteiger partial charge in [-0.1, -0.05) is 24.3 Å². The first kappa shape index (κ1) is 20.4. The number of pyridine rings is 1. The molecule has 5 aromatic rings. The highest BCUT2D eigenvalue weighted by atomic mass is 15.2. The predicted octanol–water partition coefficient (Wildman–Crippen LogP) is 4.40. The molecule has 0 spiro atoms. The van der Waals surface area contributed by atoms with E-state index in [1.807, 2.05) is 36.4 Å². The van der Waals surface area contributed by atoms with Crippen molar-refractivity contribution in [1.29, 1.82) is 0 Å². The zero-order chi connectivity index (χ0) is 22.9. The van der Waals surface area contributed by atoms with E-state index in [-0.39, 0.29) is 0 Å². The third-order valence-corrected chi connectivity index (χ3v) is 6.36. The van der Waals surface area contributed by atoms with Gasteiger partial charge in [0.05, 0.1) is 23.8 Å². The molecule has 0 bridgehead atoms. The largest absolute Gasteiger partial charge is 0.371 e. The summed E-state index contributed by atoms with van der Waals surface area (Å²) in [5.74, 6) is 0.782. The minimum atomic E-state index is 0.677. The molecule has 0 radical (unpaired) electrons. The topological polar surface area (TPSA) is 76.2 Å². The second kappa shape index (κ2) is 8.62. The van der Waals surface area contributed by atoms with Gasteiger partial charge < -0.3 is 10.2 Å². The number of aromatic nitrogens is 6. The molecule has 8 nitrogen and oxygen atoms in total. The van der Waals surface area contributed by atoms with E-state index in [2.05, 4.69) is 77.3 Å². The van der Waals surface area contributed by atoms with Crippen molar-refractivity contribution in [2.45, 2.75) is 19.4 Å². The number of nitrogens with zero attached hydrogens (tertiary/aromatic N) is 7. The minimum Gasteiger partial charge on any atom is -0.371 e. The highest BCUT2D eigenvalue weighted by Gasteiger charge is 2.15. The number of fused-ring (bicyclic) bond motifs is 1. The van der Waals surface area contributed by atoms with Crippen molar-refractivity contribution >= 4 is 17.2 Å². The third-order valence-electron chi connectivity index (χ3n) is 6.36. The van der Waals surface area contributed by atoms with Crippen LogP contribution in [-0.2, 0) is 13.6 Å². The van der Waals surface area contributed by atoms with Crippen LogP contribution in [-0.4, -0.2) is 42.2 Å². The van der Waals surface area contributed by atoms with Gasteiger partial charge in [-0.2, -0.15) is 5.10 Å². The molecular weight excluding hydrogens is 424 g/mol. The first-order chi connectivity index (χ1) is 16.7. The Balaban J connectivity index is 1.18. The van der Waals surface area contributed by atoms with Crippen molar-refractivity contribution in [3.63, 3.8) is 0 Å². The summed E-state index contributed by atoms with van der Waals surface area (Å²) in [5.41, 5.74) is 7.41. The Bertz CT molecular complexity index is 1430. The Morgan fingerprint density at radius 1 is 0.912 bits per heavy atom. The molecule has 1 aliphatic heterocycles. The summed E-state index contributed by atoms with van der Waals surface area (Å²) in [4.78, 5) is 16.0. The van der Waals surface area contributed by atoms with Crippen LogP contribution in [0.4, 0.5) is 11.5 Å². The van der Waals surface area contributed by atoms with Gasteiger partial charge in [-0.3, -0.25) is 9.08 Å². The second-order valence-electron chi connectivity index (χ2n) is 8.69. The SMILES string of the molecule is Cn1cc(-c2ccc(CNc3cc(-c4cnc5cc(N6CCCC6)ccn45)ncn3)cc2)cn1. The molecule has 4 aromatic heterocycles. The summed E-state index contributed by atoms with van der Waals surface area (Å²) in [6, 6.07) is 14.8. The summed E-state index contributed by atoms with van der Waals surface area (Å²) >= 11 is 0. The summed E-state index contributed by atoms with van der Waals surface area (Å²) in [5, 5.41) is 7.66. The Labute approximate surface area is 197 Å². The molecule has 6 rings (SSSR count). The van der Waals surface area contributed by atoms with Crippen LogP contribution in [0.3, 0.4) is 0 Å². The molecule has 0 amide bonds. The maximum atomic E-state index is 4.63. The van der Waals surface area contributed by atoms with Gasteiger partial charge in [0.1, 0.15) is 17.8 Å². The van der Waals surface area contributed by atoms with Crippen LogP contribution in [0.25, 0.3) is 28.2 Å². The lowest BCUT2D eigenvalue weighted by atomic mass is 10.1. The lowest BCUT2D eigenvalue weighted by Gasteiger charge is -2.17. The Kier molecular flexibility index (Phi) is 5.18. The summed E-state index contributed by atoms with van der Waals surface area (Å²) in [6.45, 7) is 2.92. The monoisotopic (exact) mass is 450 g/mol. The number of nitrogens with one attached hydrogen (secondary N) is 1. The molecule has 8 heteroatoms. The molecule has 1 aromatic carbocycles. The number of aryl methyl sites for hydroxylation is 1. The smallest absolute Gasteiger partial charge is 0.139 e. The van der Waals surface area contributed by atoms with Gasteiger partial charge in [0.15, 0.2) is 0 Å². The summed E-state index contributed by atoms with van der Waals surface area (Å²) in [6.07, 6.45) is 12.0. The van der Waals surface area contributed by atoms with Crippen molar-refractivity contribution in [3.8, 4) is 22.5 Å². The van der Waals surface area contributed by atoms with Crippen LogP contribution in [0.2, 0.25) is 0 Å². The van der Waals surface area contributed by atoms with Crippen molar-refractivity contribution in [3.05, 3.63) is 79.1 Å². The number of imidazole rings is 1. The molecule has 1 N–H and O–H groups in total. The van der Waals surface area contributed by atoms with E-state index in [1.165, 1.54) is 24.1 Å². The summed E-state index contributed by atoms with van der Waals surface area (Å²) < 4.78 is 3.90. The third kappa shape index (κ3) is 3.98. The lowest BCUT2D eigenvalue weighted by Crippen LogP contribution is -2.17. The van der Waals surface area contributed by atoms with E-state index in [9.17, 15) is 0 Å². The van der Waals surface area contributed by atoms with Crippen LogP contribution < -0.4 is 10.2 Å². The van der Waals surface area contributed by atoms with Crippen LogP contribution in [0.15, 0.2) is 73.6 Å². The molecule has 1 fully saturated rings. The maximum absolute atomic E-state index is 4.63. The van der Waals surface area contributed by atoms with Gasteiger partial charge >= 0.3 is 0 Å². The van der Waals surface area contributed by atoms with Crippen LogP contribution in [0, 0.1) is 0 Å². The van der Waals surface area contributed by atoms with Gasteiger partial charge in [0, 0.05) is 62.5 Å². The second-order valence-corrected chi connectivity index (χ2v) is 8.69. The first-order valence-corrected chi connectivity index (χ1v) is 11.6. The number of anilines is 2. The van der Waals surface area contributed by atoms with E-state index in [1.54, 1.807) is 6.33 Å². The zero-order valence-electron chi connectivity index (χ0n) is 19.1. The van der Waals surface area contributed by atoms with Gasteiger partial charge in [0.25, 0.3) is 0 Å². The Morgan fingerprint density at radius 2 is 1.76 bits per heavy atom. The quantitative estimate of drug-likeness (QED) is 0.413. The fraction of sp³-hybridized carbons (Fsp3) is 0.231. The number of hydrogen-bond donors (Lipinski definition) is 1. The lowest BCUT2D eigenvalue weighted by molar-refractivity contribution is 0.768. The van der Waals surface area contributed by atoms with Crippen LogP contribution in [0.1, 0.15) is 18.4 Å². The highest BCUT2D eigenvalue weighted by Crippen LogP contribution is 2.26. The van der Waals surface area contributed by atoms with E-state index in [0.717, 1.165) is 47.1 Å². The average molecular weight is 451 g/mol. The van der Waals surface area contributed by atoms with Gasteiger partial charge in [-0.25, -0.2) is 15.0 Å². The summed E-state index contributed by atoms with van der Waals surface area (Å²) in [7, 11) is 1.93. The number of hydrogen-bond acceptors (Lipinski definition) is 6. The van der Waals surface area contributed by atoms with Gasteiger partial charge in [0.2, 0.25) is 0 Å². The van der Waals surface area contributed by atoms with E-state index >= 15 is 0 Å². The fourth-order valence-electron chi connectivity index (χ4n) is 4.50. The standard InChI is InChI=1S/C26H26N8/c1-32-17-21(15-31-32)20-6-4-19(5-7-20)14-27-25-13-23(29-18-30-25)24-16-28-26-12-22(8-11-34(24)26)33-9-2-3-10-33/h4-8,11-13,15-18H,2-3,9-10,14H2,1H3,(H,27,29,30). The van der Waals surface area contributed by atoms with Crippen LogP contribution in [0.5, 0.6) is 0 Å². The maximum Gasteiger partial charge on any atom is 0.139 e. The molecule has 170 valence electrons. The van der Waals surface area contributed by atoms with E-state index < -0.39 is 0 Å². The Hall–Kier alpha value is -4.20. The molecular formula is C26H26N8. The molecule has 0 atom stereocenters. The molecule has 1 aliphatic rings. The molecule has 34 heavy (non-hydrogen) atoms. The minimum absolute atomic E-state index is 0.677. The van der Waals surface area contributed by atoms with Crippen molar-refractivity contribution in [1.82, 2.24) is 29.1 Å². The number of rotatable bonds is 6.